The number of nitrogen functional groups attached to an aromatic ring is 1. The average molecular weight is 605 g/mol. The summed E-state index contributed by atoms with van der Waals surface area (Å²) in [7, 11) is -0.876. The maximum absolute atomic E-state index is 13.8. The van der Waals surface area contributed by atoms with Gasteiger partial charge < -0.3 is 29.2 Å². The number of ether oxygens (including phenoxy) is 4. The molecule has 2 aliphatic rings. The number of carbonyl (C=O) groups excluding carboxylic acids is 1. The second-order valence-corrected chi connectivity index (χ2v) is 12.0. The molecule has 1 saturated heterocycles. The van der Waals surface area contributed by atoms with Gasteiger partial charge in [0.2, 0.25) is 11.8 Å². The lowest BCUT2D eigenvalue weighted by Gasteiger charge is -2.22. The Morgan fingerprint density at radius 1 is 1.19 bits per heavy atom. The summed E-state index contributed by atoms with van der Waals surface area (Å²) >= 11 is 0. The summed E-state index contributed by atoms with van der Waals surface area (Å²) in [5.41, 5.74) is 6.83. The van der Waals surface area contributed by atoms with E-state index in [9.17, 15) is 9.36 Å². The first kappa shape index (κ1) is 30.2. The van der Waals surface area contributed by atoms with Gasteiger partial charge in [-0.3, -0.25) is 13.9 Å². The molecule has 3 N–H and O–H groups in total. The predicted molar refractivity (Wildman–Crippen MR) is 152 cm³/mol. The molecule has 228 valence electrons. The Bertz CT molecular complexity index is 1390. The Hall–Kier alpha value is -3.29. The van der Waals surface area contributed by atoms with Gasteiger partial charge in [-0.25, -0.2) is 14.6 Å². The Balaban J connectivity index is 1.29. The van der Waals surface area contributed by atoms with Crippen molar-refractivity contribution < 1.29 is 37.4 Å². The van der Waals surface area contributed by atoms with Gasteiger partial charge in [-0.1, -0.05) is 18.2 Å². The number of carbonyl (C=O) groups is 1. The summed E-state index contributed by atoms with van der Waals surface area (Å²) in [4.78, 5) is 25.3. The second-order valence-electron chi connectivity index (χ2n) is 10.3. The minimum atomic E-state index is -4.00. The van der Waals surface area contributed by atoms with E-state index in [1.54, 1.807) is 42.3 Å². The third kappa shape index (κ3) is 7.37. The molecule has 3 heterocycles. The topological polar surface area (TPSA) is 171 Å². The summed E-state index contributed by atoms with van der Waals surface area (Å²) in [6.45, 7) is 0.114. The molecule has 4 atom stereocenters. The average Bonchev–Trinajstić information content (AvgIpc) is 3.74. The van der Waals surface area contributed by atoms with E-state index < -0.39 is 26.0 Å². The highest BCUT2D eigenvalue weighted by Crippen LogP contribution is 2.46. The van der Waals surface area contributed by atoms with Gasteiger partial charge in [0.1, 0.15) is 24.6 Å². The molecule has 0 radical (unpaired) electrons. The lowest BCUT2D eigenvalue weighted by atomic mass is 10.00. The molecule has 1 aromatic carbocycles. The zero-order chi connectivity index (χ0) is 29.5. The number of esters is 1. The molecule has 0 spiro atoms. The van der Waals surface area contributed by atoms with Crippen LogP contribution in [0.2, 0.25) is 0 Å². The molecular formula is C27H37N6O8P. The van der Waals surface area contributed by atoms with Crippen LogP contribution in [-0.2, 0) is 28.1 Å². The Kier molecular flexibility index (Phi) is 9.91. The number of para-hydroxylation sites is 1. The minimum absolute atomic E-state index is 0.0121. The molecule has 0 amide bonds. The Labute approximate surface area is 243 Å². The molecule has 0 bridgehead atoms. The van der Waals surface area contributed by atoms with Crippen molar-refractivity contribution in [2.24, 2.45) is 5.92 Å². The van der Waals surface area contributed by atoms with Crippen LogP contribution >= 0.6 is 7.75 Å². The van der Waals surface area contributed by atoms with Crippen LogP contribution in [0, 0.1) is 5.92 Å². The maximum Gasteiger partial charge on any atom is 0.459 e. The molecule has 3 aromatic rings. The van der Waals surface area contributed by atoms with Crippen LogP contribution < -0.4 is 20.1 Å². The zero-order valence-corrected chi connectivity index (χ0v) is 24.6. The van der Waals surface area contributed by atoms with E-state index in [-0.39, 0.29) is 37.0 Å². The van der Waals surface area contributed by atoms with Gasteiger partial charge >= 0.3 is 13.7 Å². The quantitative estimate of drug-likeness (QED) is 0.202. The number of anilines is 1. The van der Waals surface area contributed by atoms with Gasteiger partial charge in [0.25, 0.3) is 0 Å². The number of imidazole rings is 1. The standard InChI is InChI=1S/C27H37N6O8P/c1-36-13-12-18-14-21(40-26(18)33-17-29-23-24(33)31-27(28)32-25(23)37-2)16-38-42(35,41-20-10-4-3-5-11-20)30-15-22(34)39-19-8-6-7-9-19/h3-5,10-11,17-19,21,26H,6-9,12-16H2,1-2H3,(H,30,35)(H2,28,31,32)/t18-,21?,26?,42?/m0/s1. The summed E-state index contributed by atoms with van der Waals surface area (Å²) in [6, 6.07) is 8.62. The fourth-order valence-electron chi connectivity index (χ4n) is 5.28. The summed E-state index contributed by atoms with van der Waals surface area (Å²) in [5.74, 6) is 0.115. The highest BCUT2D eigenvalue weighted by Gasteiger charge is 2.39. The molecule has 3 unspecified atom stereocenters. The van der Waals surface area contributed by atoms with E-state index in [0.717, 1.165) is 25.7 Å². The first-order chi connectivity index (χ1) is 20.4. The second kappa shape index (κ2) is 13.8. The number of rotatable bonds is 14. The molecule has 1 saturated carbocycles. The number of hydrogen-bond donors (Lipinski definition) is 2. The first-order valence-corrected chi connectivity index (χ1v) is 15.5. The highest BCUT2D eigenvalue weighted by molar-refractivity contribution is 7.52. The zero-order valence-electron chi connectivity index (χ0n) is 23.7. The fraction of sp³-hybridized carbons (Fsp3) is 0.556. The van der Waals surface area contributed by atoms with Crippen molar-refractivity contribution in [1.82, 2.24) is 24.6 Å². The molecule has 5 rings (SSSR count). The van der Waals surface area contributed by atoms with Crippen LogP contribution in [0.5, 0.6) is 11.6 Å². The van der Waals surface area contributed by atoms with Crippen LogP contribution in [0.1, 0.15) is 44.8 Å². The van der Waals surface area contributed by atoms with Crippen molar-refractivity contribution >= 4 is 30.8 Å². The smallest absolute Gasteiger partial charge is 0.459 e. The van der Waals surface area contributed by atoms with Crippen molar-refractivity contribution in [3.8, 4) is 11.6 Å². The number of nitrogens with zero attached hydrogens (tertiary/aromatic N) is 4. The van der Waals surface area contributed by atoms with E-state index in [2.05, 4.69) is 20.0 Å². The first-order valence-electron chi connectivity index (χ1n) is 14.0. The Morgan fingerprint density at radius 2 is 1.98 bits per heavy atom. The normalized spacial score (nSPS) is 22.3. The number of methoxy groups -OCH3 is 2. The lowest BCUT2D eigenvalue weighted by molar-refractivity contribution is -0.147. The van der Waals surface area contributed by atoms with E-state index in [4.69, 9.17) is 33.7 Å². The van der Waals surface area contributed by atoms with Crippen molar-refractivity contribution in [1.29, 1.82) is 0 Å². The third-order valence-corrected chi connectivity index (χ3v) is 8.77. The number of benzene rings is 1. The fourth-order valence-corrected chi connectivity index (χ4v) is 6.58. The number of hydrogen-bond acceptors (Lipinski definition) is 12. The van der Waals surface area contributed by atoms with Crippen molar-refractivity contribution in [3.05, 3.63) is 36.7 Å². The van der Waals surface area contributed by atoms with Crippen molar-refractivity contribution in [3.63, 3.8) is 0 Å². The number of aromatic nitrogens is 4. The van der Waals surface area contributed by atoms with Crippen LogP contribution in [0.3, 0.4) is 0 Å². The van der Waals surface area contributed by atoms with E-state index in [0.29, 0.717) is 36.4 Å². The van der Waals surface area contributed by atoms with Crippen LogP contribution in [0.4, 0.5) is 5.95 Å². The minimum Gasteiger partial charge on any atom is -0.479 e. The van der Waals surface area contributed by atoms with Gasteiger partial charge in [0, 0.05) is 19.6 Å². The Morgan fingerprint density at radius 3 is 2.71 bits per heavy atom. The number of nitrogens with two attached hydrogens (primary N) is 1. The van der Waals surface area contributed by atoms with Crippen LogP contribution in [-0.4, -0.2) is 71.7 Å². The summed E-state index contributed by atoms with van der Waals surface area (Å²) in [5, 5.41) is 2.67. The summed E-state index contributed by atoms with van der Waals surface area (Å²) in [6.07, 6.45) is 5.53. The van der Waals surface area contributed by atoms with E-state index in [1.165, 1.54) is 7.11 Å². The largest absolute Gasteiger partial charge is 0.479 e. The maximum atomic E-state index is 13.8. The monoisotopic (exact) mass is 604 g/mol. The van der Waals surface area contributed by atoms with Crippen LogP contribution in [0.25, 0.3) is 11.2 Å². The SMILES string of the molecule is COCC[C@H]1CC(COP(=O)(NCC(=O)OC2CCCC2)Oc2ccccc2)OC1n1cnc2c(OC)nc(N)nc21. The van der Waals surface area contributed by atoms with Gasteiger partial charge in [-0.15, -0.1) is 0 Å². The molecule has 2 fully saturated rings. The lowest BCUT2D eigenvalue weighted by Crippen LogP contribution is -2.29. The van der Waals surface area contributed by atoms with E-state index in [1.807, 2.05) is 6.07 Å². The van der Waals surface area contributed by atoms with E-state index >= 15 is 0 Å². The van der Waals surface area contributed by atoms with Gasteiger partial charge in [0.05, 0.1) is 26.1 Å². The molecule has 42 heavy (non-hydrogen) atoms. The molecule has 15 heteroatoms. The number of fused-ring (bicyclic) bond motifs is 1. The van der Waals surface area contributed by atoms with Crippen LogP contribution in [0.15, 0.2) is 36.7 Å². The predicted octanol–water partition coefficient (Wildman–Crippen LogP) is 3.64. The number of nitrogens with one attached hydrogen (secondary N) is 1. The van der Waals surface area contributed by atoms with Gasteiger partial charge in [-0.2, -0.15) is 9.97 Å². The third-order valence-electron chi connectivity index (χ3n) is 7.28. The van der Waals surface area contributed by atoms with Crippen molar-refractivity contribution in [2.45, 2.75) is 57.0 Å². The molecule has 14 nitrogen and oxygen atoms in total. The van der Waals surface area contributed by atoms with Gasteiger partial charge in [0.15, 0.2) is 11.2 Å². The van der Waals surface area contributed by atoms with Crippen molar-refractivity contribution in [2.75, 3.05) is 39.7 Å². The highest BCUT2D eigenvalue weighted by atomic mass is 31.2. The molecular weight excluding hydrogens is 567 g/mol. The molecule has 1 aliphatic carbocycles. The molecule has 1 aliphatic heterocycles. The van der Waals surface area contributed by atoms with Gasteiger partial charge in [-0.05, 0) is 50.7 Å². The molecule has 2 aromatic heterocycles. The summed E-state index contributed by atoms with van der Waals surface area (Å²) < 4.78 is 49.8.